The number of hydrogen-bond acceptors (Lipinski definition) is 3. The Labute approximate surface area is 119 Å². The summed E-state index contributed by atoms with van der Waals surface area (Å²) in [6, 6.07) is 0.672. The molecule has 1 N–H and O–H groups in total. The zero-order valence-corrected chi connectivity index (χ0v) is 12.9. The van der Waals surface area contributed by atoms with Crippen LogP contribution in [0.4, 0.5) is 0 Å². The van der Waals surface area contributed by atoms with Crippen molar-refractivity contribution in [2.24, 2.45) is 5.92 Å². The molecule has 0 aromatic carbocycles. The predicted octanol–water partition coefficient (Wildman–Crippen LogP) is 2.66. The van der Waals surface area contributed by atoms with E-state index in [4.69, 9.17) is 4.74 Å². The van der Waals surface area contributed by atoms with Crippen LogP contribution in [0.5, 0.6) is 0 Å². The summed E-state index contributed by atoms with van der Waals surface area (Å²) in [5, 5.41) is 3.59. The van der Waals surface area contributed by atoms with Gasteiger partial charge in [-0.15, -0.1) is 0 Å². The van der Waals surface area contributed by atoms with Gasteiger partial charge in [0, 0.05) is 19.2 Å². The molecule has 0 saturated carbocycles. The van der Waals surface area contributed by atoms with Gasteiger partial charge in [-0.05, 0) is 71.0 Å². The van der Waals surface area contributed by atoms with Crippen LogP contribution in [0.1, 0.15) is 52.4 Å². The van der Waals surface area contributed by atoms with Crippen LogP contribution in [0.2, 0.25) is 0 Å². The fraction of sp³-hybridized carbons (Fsp3) is 1.00. The number of likely N-dealkylation sites (tertiary alicyclic amines) is 1. The molecule has 3 nitrogen and oxygen atoms in total. The van der Waals surface area contributed by atoms with E-state index in [0.717, 1.165) is 19.1 Å². The van der Waals surface area contributed by atoms with Crippen molar-refractivity contribution in [1.29, 1.82) is 0 Å². The minimum absolute atomic E-state index is 0.571. The number of nitrogens with one attached hydrogen (secondary N) is 1. The van der Waals surface area contributed by atoms with Crippen LogP contribution >= 0.6 is 0 Å². The second-order valence-corrected chi connectivity index (χ2v) is 6.33. The lowest BCUT2D eigenvalue weighted by Gasteiger charge is -2.36. The van der Waals surface area contributed by atoms with Crippen molar-refractivity contribution >= 4 is 0 Å². The Bertz CT molecular complexity index is 241. The number of nitrogens with zero attached hydrogens (tertiary/aromatic N) is 1. The van der Waals surface area contributed by atoms with Crippen molar-refractivity contribution in [1.82, 2.24) is 10.2 Å². The maximum absolute atomic E-state index is 5.71. The molecule has 0 amide bonds. The lowest BCUT2D eigenvalue weighted by Crippen LogP contribution is -2.44. The fourth-order valence-corrected chi connectivity index (χ4v) is 3.61. The Hall–Kier alpha value is -0.120. The number of rotatable bonds is 7. The minimum Gasteiger partial charge on any atom is -0.378 e. The number of ether oxygens (including phenoxy) is 1. The summed E-state index contributed by atoms with van der Waals surface area (Å²) in [6.07, 6.45) is 8.49. The number of hydrogen-bond donors (Lipinski definition) is 1. The van der Waals surface area contributed by atoms with Gasteiger partial charge in [0.05, 0.1) is 6.10 Å². The molecule has 2 fully saturated rings. The van der Waals surface area contributed by atoms with Gasteiger partial charge in [0.25, 0.3) is 0 Å². The quantitative estimate of drug-likeness (QED) is 0.768. The maximum atomic E-state index is 5.71. The summed E-state index contributed by atoms with van der Waals surface area (Å²) >= 11 is 0. The van der Waals surface area contributed by atoms with Gasteiger partial charge in [-0.3, -0.25) is 0 Å². The van der Waals surface area contributed by atoms with Crippen molar-refractivity contribution in [3.8, 4) is 0 Å². The Balaban J connectivity index is 1.62. The summed E-state index contributed by atoms with van der Waals surface area (Å²) in [4.78, 5) is 2.68. The highest BCUT2D eigenvalue weighted by molar-refractivity contribution is 4.80. The molecule has 3 unspecified atom stereocenters. The van der Waals surface area contributed by atoms with E-state index in [-0.39, 0.29) is 0 Å². The molecule has 0 spiro atoms. The molecule has 0 aliphatic carbocycles. The molecule has 19 heavy (non-hydrogen) atoms. The third-order valence-electron chi connectivity index (χ3n) is 4.80. The Morgan fingerprint density at radius 1 is 1.32 bits per heavy atom. The van der Waals surface area contributed by atoms with Crippen LogP contribution in [-0.4, -0.2) is 49.8 Å². The van der Waals surface area contributed by atoms with Gasteiger partial charge in [-0.1, -0.05) is 6.92 Å². The fourth-order valence-electron chi connectivity index (χ4n) is 3.61. The summed E-state index contributed by atoms with van der Waals surface area (Å²) in [5.41, 5.74) is 0. The monoisotopic (exact) mass is 268 g/mol. The van der Waals surface area contributed by atoms with E-state index in [9.17, 15) is 0 Å². The van der Waals surface area contributed by atoms with Crippen LogP contribution in [0.3, 0.4) is 0 Å². The van der Waals surface area contributed by atoms with Gasteiger partial charge in [0.1, 0.15) is 0 Å². The maximum Gasteiger partial charge on any atom is 0.0576 e. The second-order valence-electron chi connectivity index (χ2n) is 6.33. The molecule has 2 aliphatic rings. The van der Waals surface area contributed by atoms with Crippen LogP contribution in [0, 0.1) is 5.92 Å². The zero-order chi connectivity index (χ0) is 13.5. The van der Waals surface area contributed by atoms with Crippen molar-refractivity contribution in [2.45, 2.75) is 64.5 Å². The lowest BCUT2D eigenvalue weighted by molar-refractivity contribution is 0.0934. The molecule has 3 heteroatoms. The van der Waals surface area contributed by atoms with Gasteiger partial charge >= 0.3 is 0 Å². The van der Waals surface area contributed by atoms with Crippen molar-refractivity contribution < 1.29 is 4.74 Å². The smallest absolute Gasteiger partial charge is 0.0576 e. The van der Waals surface area contributed by atoms with E-state index in [2.05, 4.69) is 24.1 Å². The molecule has 0 aromatic heterocycles. The third kappa shape index (κ3) is 5.05. The highest BCUT2D eigenvalue weighted by Crippen LogP contribution is 2.21. The first-order valence-electron chi connectivity index (χ1n) is 8.37. The van der Waals surface area contributed by atoms with E-state index < -0.39 is 0 Å². The first-order chi connectivity index (χ1) is 9.29. The van der Waals surface area contributed by atoms with Crippen LogP contribution in [0.25, 0.3) is 0 Å². The van der Waals surface area contributed by atoms with E-state index in [1.807, 2.05) is 0 Å². The van der Waals surface area contributed by atoms with Gasteiger partial charge in [-0.25, -0.2) is 0 Å². The topological polar surface area (TPSA) is 24.5 Å². The number of piperidine rings is 1. The van der Waals surface area contributed by atoms with Crippen molar-refractivity contribution in [2.75, 3.05) is 32.8 Å². The molecule has 0 radical (unpaired) electrons. The van der Waals surface area contributed by atoms with E-state index in [1.54, 1.807) is 0 Å². The Morgan fingerprint density at radius 2 is 2.21 bits per heavy atom. The third-order valence-corrected chi connectivity index (χ3v) is 4.80. The van der Waals surface area contributed by atoms with Gasteiger partial charge < -0.3 is 15.0 Å². The van der Waals surface area contributed by atoms with Crippen LogP contribution in [0.15, 0.2) is 0 Å². The first kappa shape index (κ1) is 15.3. The summed E-state index contributed by atoms with van der Waals surface area (Å²) in [7, 11) is 0. The van der Waals surface area contributed by atoms with Crippen molar-refractivity contribution in [3.05, 3.63) is 0 Å². The molecular weight excluding hydrogens is 236 g/mol. The molecule has 2 saturated heterocycles. The standard InChI is InChI=1S/C16H32N2O/c1-3-17-14(2)15-7-4-10-18(13-15)11-5-8-16-9-6-12-19-16/h14-17H,3-13H2,1-2H3. The van der Waals surface area contributed by atoms with Gasteiger partial charge in [0.15, 0.2) is 0 Å². The average Bonchev–Trinajstić information content (AvgIpc) is 2.93. The first-order valence-corrected chi connectivity index (χ1v) is 8.37. The Kier molecular flexibility index (Phi) is 6.62. The highest BCUT2D eigenvalue weighted by Gasteiger charge is 2.24. The van der Waals surface area contributed by atoms with Crippen LogP contribution < -0.4 is 5.32 Å². The average molecular weight is 268 g/mol. The molecule has 2 heterocycles. The molecular formula is C16H32N2O. The summed E-state index contributed by atoms with van der Waals surface area (Å²) in [5.74, 6) is 0.844. The van der Waals surface area contributed by atoms with E-state index in [0.29, 0.717) is 12.1 Å². The second kappa shape index (κ2) is 8.23. The molecule has 0 bridgehead atoms. The minimum atomic E-state index is 0.571. The largest absolute Gasteiger partial charge is 0.378 e. The van der Waals surface area contributed by atoms with Gasteiger partial charge in [-0.2, -0.15) is 0 Å². The molecule has 2 aliphatic heterocycles. The molecule has 2 rings (SSSR count). The van der Waals surface area contributed by atoms with Crippen LogP contribution in [-0.2, 0) is 4.74 Å². The summed E-state index contributed by atoms with van der Waals surface area (Å²) < 4.78 is 5.71. The zero-order valence-electron chi connectivity index (χ0n) is 12.9. The molecule has 0 aromatic rings. The molecule has 3 atom stereocenters. The molecule has 112 valence electrons. The van der Waals surface area contributed by atoms with E-state index >= 15 is 0 Å². The highest BCUT2D eigenvalue weighted by atomic mass is 16.5. The van der Waals surface area contributed by atoms with Crippen molar-refractivity contribution in [3.63, 3.8) is 0 Å². The predicted molar refractivity (Wildman–Crippen MR) is 80.5 cm³/mol. The van der Waals surface area contributed by atoms with E-state index in [1.165, 1.54) is 58.2 Å². The lowest BCUT2D eigenvalue weighted by atomic mass is 9.91. The normalized spacial score (nSPS) is 30.6. The summed E-state index contributed by atoms with van der Waals surface area (Å²) in [6.45, 7) is 10.5. The van der Waals surface area contributed by atoms with Gasteiger partial charge in [0.2, 0.25) is 0 Å². The SMILES string of the molecule is CCNC(C)C1CCCN(CCCC2CCCO2)C1. The Morgan fingerprint density at radius 3 is 2.95 bits per heavy atom.